The number of rotatable bonds is 0. The van der Waals surface area contributed by atoms with Crippen molar-refractivity contribution in [3.8, 4) is 0 Å². The smallest absolute Gasteiger partial charge is 0.391 e. The summed E-state index contributed by atoms with van der Waals surface area (Å²) in [5, 5.41) is 17.9. The second-order valence-electron chi connectivity index (χ2n) is 6.12. The van der Waals surface area contributed by atoms with E-state index in [1.54, 1.807) is 0 Å². The lowest BCUT2D eigenvalue weighted by molar-refractivity contribution is -0.189. The van der Waals surface area contributed by atoms with E-state index in [0.717, 1.165) is 0 Å². The minimum absolute atomic E-state index is 0.108. The van der Waals surface area contributed by atoms with Crippen molar-refractivity contribution >= 4 is 0 Å². The molecule has 2 N–H and O–H groups in total. The summed E-state index contributed by atoms with van der Waals surface area (Å²) in [5.41, 5.74) is 0. The number of hydrogen-bond donors (Lipinski definition) is 2. The summed E-state index contributed by atoms with van der Waals surface area (Å²) >= 11 is 0. The molecule has 0 amide bonds. The van der Waals surface area contributed by atoms with E-state index in [2.05, 4.69) is 0 Å². The molecule has 0 aliphatic heterocycles. The molecule has 2 aliphatic carbocycles. The van der Waals surface area contributed by atoms with Crippen molar-refractivity contribution in [1.29, 1.82) is 0 Å². The summed E-state index contributed by atoms with van der Waals surface area (Å²) in [7, 11) is 0. The summed E-state index contributed by atoms with van der Waals surface area (Å²) in [6.07, 6.45) is -7.53. The lowest BCUT2D eigenvalue weighted by atomic mass is 9.87. The molecule has 0 heterocycles. The average molecular weight is 336 g/mol. The maximum Gasteiger partial charge on any atom is 0.391 e. The van der Waals surface area contributed by atoms with Gasteiger partial charge in [0.15, 0.2) is 0 Å². The van der Waals surface area contributed by atoms with Crippen molar-refractivity contribution in [2.24, 2.45) is 11.8 Å². The quantitative estimate of drug-likeness (QED) is 0.651. The molecule has 0 bridgehead atoms. The molecule has 0 spiro atoms. The van der Waals surface area contributed by atoms with Gasteiger partial charge in [0, 0.05) is 0 Å². The van der Waals surface area contributed by atoms with Gasteiger partial charge in [-0.2, -0.15) is 26.3 Å². The van der Waals surface area contributed by atoms with Gasteiger partial charge in [-0.1, -0.05) is 12.8 Å². The number of hydrogen-bond acceptors (Lipinski definition) is 2. The average Bonchev–Trinajstić information content (AvgIpc) is 2.37. The van der Waals surface area contributed by atoms with Crippen LogP contribution in [0.3, 0.4) is 0 Å². The molecule has 0 aromatic heterocycles. The molecule has 2 saturated carbocycles. The number of halogens is 6. The monoisotopic (exact) mass is 336 g/mol. The van der Waals surface area contributed by atoms with Crippen molar-refractivity contribution in [3.05, 3.63) is 0 Å². The SMILES string of the molecule is O[C@@H]1CCC[C@H](C(F)(F)F)C1.O[C@H]1CCC[C@@H](C(F)(F)F)C1. The number of alkyl halides is 6. The highest BCUT2D eigenvalue weighted by molar-refractivity contribution is 4.77. The van der Waals surface area contributed by atoms with Crippen molar-refractivity contribution in [2.45, 2.75) is 75.9 Å². The molecule has 0 radical (unpaired) electrons. The van der Waals surface area contributed by atoms with Gasteiger partial charge in [-0.25, -0.2) is 0 Å². The highest BCUT2D eigenvalue weighted by atomic mass is 19.4. The number of aliphatic hydroxyl groups excluding tert-OH is 2. The first-order valence-electron chi connectivity index (χ1n) is 7.49. The molecule has 2 fully saturated rings. The Bertz CT molecular complexity index is 296. The van der Waals surface area contributed by atoms with E-state index in [1.807, 2.05) is 0 Å². The third-order valence-electron chi connectivity index (χ3n) is 4.22. The van der Waals surface area contributed by atoms with Crippen LogP contribution in [0.25, 0.3) is 0 Å². The molecule has 132 valence electrons. The second-order valence-corrected chi connectivity index (χ2v) is 6.12. The van der Waals surface area contributed by atoms with E-state index in [-0.39, 0.29) is 25.7 Å². The molecule has 22 heavy (non-hydrogen) atoms. The van der Waals surface area contributed by atoms with Gasteiger partial charge in [-0.15, -0.1) is 0 Å². The fourth-order valence-corrected chi connectivity index (χ4v) is 2.92. The molecule has 0 aromatic rings. The highest BCUT2D eigenvalue weighted by Crippen LogP contribution is 2.38. The summed E-state index contributed by atoms with van der Waals surface area (Å²) < 4.78 is 72.0. The predicted molar refractivity (Wildman–Crippen MR) is 68.0 cm³/mol. The Morgan fingerprint density at radius 2 is 0.909 bits per heavy atom. The number of aliphatic hydroxyl groups is 2. The van der Waals surface area contributed by atoms with Gasteiger partial charge in [0.25, 0.3) is 0 Å². The van der Waals surface area contributed by atoms with Crippen LogP contribution in [0.1, 0.15) is 51.4 Å². The van der Waals surface area contributed by atoms with Crippen molar-refractivity contribution < 1.29 is 36.6 Å². The van der Waals surface area contributed by atoms with Crippen LogP contribution in [-0.2, 0) is 0 Å². The predicted octanol–water partition coefficient (Wildman–Crippen LogP) is 4.20. The maximum atomic E-state index is 12.0. The van der Waals surface area contributed by atoms with Crippen LogP contribution in [0.5, 0.6) is 0 Å². The first kappa shape index (κ1) is 19.5. The molecule has 0 aromatic carbocycles. The molecule has 2 rings (SSSR count). The fraction of sp³-hybridized carbons (Fsp3) is 1.00. The van der Waals surface area contributed by atoms with Crippen LogP contribution < -0.4 is 0 Å². The van der Waals surface area contributed by atoms with Gasteiger partial charge < -0.3 is 10.2 Å². The van der Waals surface area contributed by atoms with E-state index in [0.29, 0.717) is 25.7 Å². The summed E-state index contributed by atoms with van der Waals surface area (Å²) in [6.45, 7) is 0. The molecule has 0 saturated heterocycles. The molecule has 2 aliphatic rings. The van der Waals surface area contributed by atoms with Crippen LogP contribution in [0.15, 0.2) is 0 Å². The minimum Gasteiger partial charge on any atom is -0.393 e. The largest absolute Gasteiger partial charge is 0.393 e. The molecule has 2 nitrogen and oxygen atoms in total. The minimum atomic E-state index is -4.11. The molecule has 0 unspecified atom stereocenters. The third-order valence-corrected chi connectivity index (χ3v) is 4.22. The van der Waals surface area contributed by atoms with Crippen LogP contribution in [0.2, 0.25) is 0 Å². The van der Waals surface area contributed by atoms with Crippen LogP contribution in [-0.4, -0.2) is 34.8 Å². The first-order valence-corrected chi connectivity index (χ1v) is 7.49. The third kappa shape index (κ3) is 6.73. The second kappa shape index (κ2) is 7.86. The van der Waals surface area contributed by atoms with E-state index in [1.165, 1.54) is 0 Å². The maximum absolute atomic E-state index is 12.0. The Morgan fingerprint density at radius 1 is 0.591 bits per heavy atom. The van der Waals surface area contributed by atoms with Crippen LogP contribution in [0.4, 0.5) is 26.3 Å². The Labute approximate surface area is 125 Å². The Kier molecular flexibility index (Phi) is 6.98. The zero-order chi connectivity index (χ0) is 17.0. The van der Waals surface area contributed by atoms with Crippen molar-refractivity contribution in [1.82, 2.24) is 0 Å². The molecular formula is C14H22F6O2. The van der Waals surface area contributed by atoms with Gasteiger partial charge in [0.2, 0.25) is 0 Å². The van der Waals surface area contributed by atoms with Gasteiger partial charge in [0.05, 0.1) is 24.0 Å². The Balaban J connectivity index is 0.000000220. The standard InChI is InChI=1S/2C7H11F3O/c2*8-7(9,10)5-2-1-3-6(11)4-5/h2*5-6,11H,1-4H2/t2*5-,6+/m10/s1. The zero-order valence-electron chi connectivity index (χ0n) is 12.1. The van der Waals surface area contributed by atoms with E-state index >= 15 is 0 Å². The summed E-state index contributed by atoms with van der Waals surface area (Å²) in [4.78, 5) is 0. The van der Waals surface area contributed by atoms with E-state index < -0.39 is 36.4 Å². The molecular weight excluding hydrogens is 314 g/mol. The first-order chi connectivity index (χ1) is 10.00. The highest BCUT2D eigenvalue weighted by Gasteiger charge is 2.42. The molecule has 8 heteroatoms. The van der Waals surface area contributed by atoms with Crippen molar-refractivity contribution in [3.63, 3.8) is 0 Å². The normalized spacial score (nSPS) is 33.8. The fourth-order valence-electron chi connectivity index (χ4n) is 2.92. The Hall–Kier alpha value is -0.500. The zero-order valence-corrected chi connectivity index (χ0v) is 12.1. The van der Waals surface area contributed by atoms with Gasteiger partial charge in [0.1, 0.15) is 0 Å². The van der Waals surface area contributed by atoms with Crippen molar-refractivity contribution in [2.75, 3.05) is 0 Å². The topological polar surface area (TPSA) is 40.5 Å². The van der Waals surface area contributed by atoms with Crippen LogP contribution >= 0.6 is 0 Å². The lowest BCUT2D eigenvalue weighted by Crippen LogP contribution is -2.30. The summed E-state index contributed by atoms with van der Waals surface area (Å²) in [5.74, 6) is -2.54. The summed E-state index contributed by atoms with van der Waals surface area (Å²) in [6, 6.07) is 0. The molecule has 4 atom stereocenters. The van der Waals surface area contributed by atoms with Crippen LogP contribution in [0, 0.1) is 11.8 Å². The van der Waals surface area contributed by atoms with E-state index in [9.17, 15) is 26.3 Å². The van der Waals surface area contributed by atoms with Gasteiger partial charge in [-0.05, 0) is 38.5 Å². The Morgan fingerprint density at radius 3 is 1.09 bits per heavy atom. The van der Waals surface area contributed by atoms with E-state index in [4.69, 9.17) is 10.2 Å². The lowest BCUT2D eigenvalue weighted by Gasteiger charge is -2.27. The van der Waals surface area contributed by atoms with Gasteiger partial charge >= 0.3 is 12.4 Å². The van der Waals surface area contributed by atoms with Gasteiger partial charge in [-0.3, -0.25) is 0 Å².